The van der Waals surface area contributed by atoms with Gasteiger partial charge in [-0.1, -0.05) is 19.8 Å². The largest absolute Gasteiger partial charge is 0.344 e. The average molecular weight is 196 g/mol. The molecule has 0 fully saturated rings. The van der Waals surface area contributed by atoms with E-state index in [1.807, 2.05) is 0 Å². The lowest BCUT2D eigenvalue weighted by atomic mass is 10.2. The van der Waals surface area contributed by atoms with Crippen molar-refractivity contribution < 1.29 is 4.79 Å². The van der Waals surface area contributed by atoms with Crippen molar-refractivity contribution in [3.8, 4) is 12.3 Å². The lowest BCUT2D eigenvalue weighted by molar-refractivity contribution is -0.122. The fraction of sp³-hybridized carbons (Fsp3) is 0.727. The number of nitrogens with one attached hydrogen (secondary N) is 1. The highest BCUT2D eigenvalue weighted by Gasteiger charge is 2.13. The van der Waals surface area contributed by atoms with Gasteiger partial charge >= 0.3 is 0 Å². The molecule has 0 saturated carbocycles. The first-order chi connectivity index (χ1) is 6.65. The van der Waals surface area contributed by atoms with E-state index in [2.05, 4.69) is 36.9 Å². The Balaban J connectivity index is 3.93. The van der Waals surface area contributed by atoms with Crippen molar-refractivity contribution in [3.05, 3.63) is 0 Å². The number of rotatable bonds is 6. The lowest BCUT2D eigenvalue weighted by Gasteiger charge is -2.25. The van der Waals surface area contributed by atoms with E-state index >= 15 is 0 Å². The molecule has 0 spiro atoms. The second kappa shape index (κ2) is 7.40. The summed E-state index contributed by atoms with van der Waals surface area (Å²) in [7, 11) is 0. The molecule has 14 heavy (non-hydrogen) atoms. The van der Waals surface area contributed by atoms with E-state index in [-0.39, 0.29) is 5.91 Å². The highest BCUT2D eigenvalue weighted by molar-refractivity contribution is 5.78. The number of hydrogen-bond acceptors (Lipinski definition) is 2. The third-order valence-electron chi connectivity index (χ3n) is 2.35. The molecule has 0 radical (unpaired) electrons. The topological polar surface area (TPSA) is 32.3 Å². The Hall–Kier alpha value is -1.01. The molecule has 1 unspecified atom stereocenters. The maximum atomic E-state index is 11.3. The fourth-order valence-electron chi connectivity index (χ4n) is 1.23. The first-order valence-corrected chi connectivity index (χ1v) is 5.09. The minimum atomic E-state index is 0.00472. The molecule has 0 aliphatic carbocycles. The highest BCUT2D eigenvalue weighted by atomic mass is 16.2. The molecule has 0 aromatic rings. The van der Waals surface area contributed by atoms with Gasteiger partial charge in [0.25, 0.3) is 0 Å². The van der Waals surface area contributed by atoms with Crippen LogP contribution in [0.2, 0.25) is 0 Å². The van der Waals surface area contributed by atoms with E-state index in [0.29, 0.717) is 19.1 Å². The van der Waals surface area contributed by atoms with E-state index in [1.54, 1.807) is 0 Å². The summed E-state index contributed by atoms with van der Waals surface area (Å²) in [5.41, 5.74) is 0. The minimum Gasteiger partial charge on any atom is -0.344 e. The summed E-state index contributed by atoms with van der Waals surface area (Å²) < 4.78 is 0. The molecule has 1 N–H and O–H groups in total. The summed E-state index contributed by atoms with van der Waals surface area (Å²) in [5.74, 6) is 2.39. The lowest BCUT2D eigenvalue weighted by Crippen LogP contribution is -2.41. The Bertz CT molecular complexity index is 208. The standard InChI is InChI=1S/C11H20N2O/c1-5-8-12-11(14)9-13(7-3)10(4)6-2/h1,10H,6-9H2,2-4H3,(H,12,14). The SMILES string of the molecule is C#CCNC(=O)CN(CC)C(C)CC. The molecule has 80 valence electrons. The van der Waals surface area contributed by atoms with Gasteiger partial charge in [-0.3, -0.25) is 9.69 Å². The molecule has 0 aromatic carbocycles. The van der Waals surface area contributed by atoms with Crippen LogP contribution in [-0.2, 0) is 4.79 Å². The second-order valence-electron chi connectivity index (χ2n) is 3.30. The molecule has 3 heteroatoms. The molecular formula is C11H20N2O. The molecule has 0 aliphatic heterocycles. The van der Waals surface area contributed by atoms with Gasteiger partial charge in [0.15, 0.2) is 0 Å². The number of nitrogens with zero attached hydrogens (tertiary/aromatic N) is 1. The number of terminal acetylenes is 1. The third-order valence-corrected chi connectivity index (χ3v) is 2.35. The van der Waals surface area contributed by atoms with E-state index in [9.17, 15) is 4.79 Å². The molecule has 0 bridgehead atoms. The molecule has 0 aromatic heterocycles. The first kappa shape index (κ1) is 13.0. The van der Waals surface area contributed by atoms with Crippen LogP contribution in [0.4, 0.5) is 0 Å². The summed E-state index contributed by atoms with van der Waals surface area (Å²) >= 11 is 0. The zero-order chi connectivity index (χ0) is 11.0. The number of amides is 1. The molecule has 0 saturated heterocycles. The maximum absolute atomic E-state index is 11.3. The van der Waals surface area contributed by atoms with Gasteiger partial charge in [0.05, 0.1) is 13.1 Å². The van der Waals surface area contributed by atoms with E-state index in [4.69, 9.17) is 6.42 Å². The van der Waals surface area contributed by atoms with E-state index < -0.39 is 0 Å². The van der Waals surface area contributed by atoms with Crippen molar-refractivity contribution in [1.82, 2.24) is 10.2 Å². The number of carbonyl (C=O) groups is 1. The Morgan fingerprint density at radius 1 is 1.57 bits per heavy atom. The average Bonchev–Trinajstić information content (AvgIpc) is 2.21. The van der Waals surface area contributed by atoms with Gasteiger partial charge in [-0.15, -0.1) is 6.42 Å². The van der Waals surface area contributed by atoms with Crippen LogP contribution in [0.15, 0.2) is 0 Å². The Labute approximate surface area is 86.9 Å². The van der Waals surface area contributed by atoms with Crippen molar-refractivity contribution in [2.24, 2.45) is 0 Å². The summed E-state index contributed by atoms with van der Waals surface area (Å²) in [6, 6.07) is 0.441. The first-order valence-electron chi connectivity index (χ1n) is 5.09. The zero-order valence-electron chi connectivity index (χ0n) is 9.34. The Morgan fingerprint density at radius 2 is 2.21 bits per heavy atom. The van der Waals surface area contributed by atoms with Crippen molar-refractivity contribution >= 4 is 5.91 Å². The fourth-order valence-corrected chi connectivity index (χ4v) is 1.23. The second-order valence-corrected chi connectivity index (χ2v) is 3.30. The van der Waals surface area contributed by atoms with Crippen LogP contribution in [0.25, 0.3) is 0 Å². The summed E-state index contributed by atoms with van der Waals surface area (Å²) in [6.45, 7) is 7.94. The molecule has 1 atom stereocenters. The van der Waals surface area contributed by atoms with Gasteiger partial charge in [-0.25, -0.2) is 0 Å². The quantitative estimate of drug-likeness (QED) is 0.639. The van der Waals surface area contributed by atoms with Crippen LogP contribution in [0.1, 0.15) is 27.2 Å². The van der Waals surface area contributed by atoms with Gasteiger partial charge in [-0.05, 0) is 19.9 Å². The van der Waals surface area contributed by atoms with Gasteiger partial charge in [0.2, 0.25) is 5.91 Å². The molecule has 3 nitrogen and oxygen atoms in total. The predicted octanol–water partition coefficient (Wildman–Crippen LogP) is 0.856. The molecule has 0 aliphatic rings. The van der Waals surface area contributed by atoms with Crippen molar-refractivity contribution in [3.63, 3.8) is 0 Å². The normalized spacial score (nSPS) is 12.2. The maximum Gasteiger partial charge on any atom is 0.234 e. The highest BCUT2D eigenvalue weighted by Crippen LogP contribution is 2.01. The number of likely N-dealkylation sites (N-methyl/N-ethyl adjacent to an activating group) is 1. The smallest absolute Gasteiger partial charge is 0.234 e. The Kier molecular flexibility index (Phi) is 6.87. The summed E-state index contributed by atoms with van der Waals surface area (Å²) in [5, 5.41) is 2.66. The predicted molar refractivity (Wildman–Crippen MR) is 58.8 cm³/mol. The van der Waals surface area contributed by atoms with E-state index in [0.717, 1.165) is 13.0 Å². The monoisotopic (exact) mass is 196 g/mol. The Morgan fingerprint density at radius 3 is 2.64 bits per heavy atom. The summed E-state index contributed by atoms with van der Waals surface area (Å²) in [6.07, 6.45) is 6.10. The van der Waals surface area contributed by atoms with Gasteiger partial charge in [-0.2, -0.15) is 0 Å². The van der Waals surface area contributed by atoms with Crippen LogP contribution in [0.3, 0.4) is 0 Å². The third kappa shape index (κ3) is 4.88. The number of hydrogen-bond donors (Lipinski definition) is 1. The van der Waals surface area contributed by atoms with Crippen LogP contribution in [-0.4, -0.2) is 36.5 Å². The van der Waals surface area contributed by atoms with Gasteiger partial charge in [0, 0.05) is 6.04 Å². The van der Waals surface area contributed by atoms with Crippen molar-refractivity contribution in [2.75, 3.05) is 19.6 Å². The molecule has 0 heterocycles. The van der Waals surface area contributed by atoms with Crippen LogP contribution in [0, 0.1) is 12.3 Å². The summed E-state index contributed by atoms with van der Waals surface area (Å²) in [4.78, 5) is 13.5. The van der Waals surface area contributed by atoms with Crippen molar-refractivity contribution in [1.29, 1.82) is 0 Å². The van der Waals surface area contributed by atoms with Crippen LogP contribution in [0.5, 0.6) is 0 Å². The molecular weight excluding hydrogens is 176 g/mol. The van der Waals surface area contributed by atoms with Gasteiger partial charge in [0.1, 0.15) is 0 Å². The molecule has 1 amide bonds. The number of carbonyl (C=O) groups excluding carboxylic acids is 1. The zero-order valence-corrected chi connectivity index (χ0v) is 9.34. The van der Waals surface area contributed by atoms with Crippen LogP contribution < -0.4 is 5.32 Å². The van der Waals surface area contributed by atoms with Crippen molar-refractivity contribution in [2.45, 2.75) is 33.2 Å². The van der Waals surface area contributed by atoms with Crippen LogP contribution >= 0.6 is 0 Å². The van der Waals surface area contributed by atoms with Gasteiger partial charge < -0.3 is 5.32 Å². The minimum absolute atomic E-state index is 0.00472. The van der Waals surface area contributed by atoms with E-state index in [1.165, 1.54) is 0 Å². The molecule has 0 rings (SSSR count).